The molecule has 3 rings (SSSR count). The Hall–Kier alpha value is -2.09. The van der Waals surface area contributed by atoms with Crippen LogP contribution in [0.25, 0.3) is 0 Å². The summed E-state index contributed by atoms with van der Waals surface area (Å²) in [6, 6.07) is 6.77. The molecule has 4 nitrogen and oxygen atoms in total. The van der Waals surface area contributed by atoms with E-state index in [-0.39, 0.29) is 17.6 Å². The van der Waals surface area contributed by atoms with Crippen molar-refractivity contribution in [2.24, 2.45) is 13.0 Å². The van der Waals surface area contributed by atoms with Gasteiger partial charge in [-0.25, -0.2) is 4.39 Å². The van der Waals surface area contributed by atoms with Gasteiger partial charge >= 0.3 is 6.18 Å². The summed E-state index contributed by atoms with van der Waals surface area (Å²) in [5.41, 5.74) is -0.141. The molecule has 1 fully saturated rings. The fourth-order valence-corrected chi connectivity index (χ4v) is 3.13. The number of benzene rings is 1. The second-order valence-electron chi connectivity index (χ2n) is 6.17. The summed E-state index contributed by atoms with van der Waals surface area (Å²) in [5.74, 6) is -0.337. The van der Waals surface area contributed by atoms with Crippen molar-refractivity contribution in [3.63, 3.8) is 0 Å². The Morgan fingerprint density at radius 3 is 2.40 bits per heavy atom. The van der Waals surface area contributed by atoms with Crippen LogP contribution in [0.4, 0.5) is 17.6 Å². The number of hydrogen-bond acceptors (Lipinski definition) is 3. The van der Waals surface area contributed by atoms with Gasteiger partial charge in [0.15, 0.2) is 0 Å². The molecule has 136 valence electrons. The van der Waals surface area contributed by atoms with E-state index in [4.69, 9.17) is 4.74 Å². The van der Waals surface area contributed by atoms with Gasteiger partial charge in [-0.1, -0.05) is 12.1 Å². The molecule has 25 heavy (non-hydrogen) atoms. The van der Waals surface area contributed by atoms with Crippen LogP contribution < -0.4 is 10.1 Å². The van der Waals surface area contributed by atoms with E-state index in [2.05, 4.69) is 10.4 Å². The van der Waals surface area contributed by atoms with Gasteiger partial charge in [0.2, 0.25) is 5.88 Å². The van der Waals surface area contributed by atoms with Crippen molar-refractivity contribution >= 4 is 0 Å². The molecule has 1 aromatic carbocycles. The van der Waals surface area contributed by atoms with E-state index in [9.17, 15) is 17.6 Å². The van der Waals surface area contributed by atoms with E-state index in [1.807, 2.05) is 0 Å². The lowest BCUT2D eigenvalue weighted by atomic mass is 9.88. The first kappa shape index (κ1) is 17.7. The van der Waals surface area contributed by atoms with Gasteiger partial charge in [0.1, 0.15) is 17.6 Å². The Balaban J connectivity index is 1.88. The molecule has 1 atom stereocenters. The molecule has 1 aromatic heterocycles. The fraction of sp³-hybridized carbons (Fsp3) is 0.471. The first-order valence-electron chi connectivity index (χ1n) is 8.08. The van der Waals surface area contributed by atoms with Crippen molar-refractivity contribution in [2.75, 3.05) is 13.1 Å². The van der Waals surface area contributed by atoms with Crippen LogP contribution in [0.3, 0.4) is 0 Å². The van der Waals surface area contributed by atoms with Crippen LogP contribution in [-0.4, -0.2) is 22.9 Å². The Kier molecular flexibility index (Phi) is 4.99. The van der Waals surface area contributed by atoms with E-state index in [1.165, 1.54) is 19.2 Å². The molecular weight excluding hydrogens is 338 g/mol. The van der Waals surface area contributed by atoms with Crippen LogP contribution in [0, 0.1) is 11.7 Å². The Morgan fingerprint density at radius 2 is 1.84 bits per heavy atom. The van der Waals surface area contributed by atoms with Crippen molar-refractivity contribution in [3.05, 3.63) is 47.4 Å². The van der Waals surface area contributed by atoms with Crippen molar-refractivity contribution in [1.82, 2.24) is 15.1 Å². The topological polar surface area (TPSA) is 39.1 Å². The first-order valence-corrected chi connectivity index (χ1v) is 8.08. The van der Waals surface area contributed by atoms with E-state index in [1.54, 1.807) is 12.1 Å². The molecule has 0 aliphatic carbocycles. The summed E-state index contributed by atoms with van der Waals surface area (Å²) in [7, 11) is 1.23. The molecule has 0 amide bonds. The molecule has 0 spiro atoms. The number of ether oxygens (including phenoxy) is 1. The van der Waals surface area contributed by atoms with Gasteiger partial charge < -0.3 is 10.1 Å². The van der Waals surface area contributed by atoms with E-state index in [0.717, 1.165) is 42.2 Å². The van der Waals surface area contributed by atoms with E-state index < -0.39 is 18.0 Å². The third-order valence-electron chi connectivity index (χ3n) is 4.41. The predicted octanol–water partition coefficient (Wildman–Crippen LogP) is 3.70. The molecule has 2 aromatic rings. The van der Waals surface area contributed by atoms with Crippen molar-refractivity contribution in [1.29, 1.82) is 0 Å². The number of hydrogen-bond donors (Lipinski definition) is 1. The standard InChI is InChI=1S/C17H19F4N3O/c1-24-14(17(19,20)21)10-15(23-24)25-16(12-6-8-22-9-7-12)11-2-4-13(18)5-3-11/h2-5,10,12,16,22H,6-9H2,1H3. The van der Waals surface area contributed by atoms with Crippen LogP contribution in [0.5, 0.6) is 5.88 Å². The molecule has 2 heterocycles. The maximum atomic E-state index is 13.2. The number of aryl methyl sites for hydroxylation is 1. The monoisotopic (exact) mass is 357 g/mol. The normalized spacial score (nSPS) is 17.5. The van der Waals surface area contributed by atoms with Gasteiger partial charge in [-0.05, 0) is 43.6 Å². The number of aromatic nitrogens is 2. The minimum absolute atomic E-state index is 0.0808. The average Bonchev–Trinajstić information content (AvgIpc) is 2.95. The molecule has 1 aliphatic heterocycles. The second kappa shape index (κ2) is 7.03. The minimum Gasteiger partial charge on any atom is -0.468 e. The van der Waals surface area contributed by atoms with Gasteiger partial charge in [0.25, 0.3) is 0 Å². The number of rotatable bonds is 4. The molecule has 8 heteroatoms. The van der Waals surface area contributed by atoms with Gasteiger partial charge in [0.05, 0.1) is 0 Å². The van der Waals surface area contributed by atoms with Gasteiger partial charge in [0, 0.05) is 19.0 Å². The molecule has 1 aliphatic rings. The molecule has 1 N–H and O–H groups in total. The van der Waals surface area contributed by atoms with Crippen molar-refractivity contribution < 1.29 is 22.3 Å². The molecule has 1 saturated heterocycles. The summed E-state index contributed by atoms with van der Waals surface area (Å²) in [5, 5.41) is 7.08. The zero-order valence-corrected chi connectivity index (χ0v) is 13.7. The lowest BCUT2D eigenvalue weighted by molar-refractivity contribution is -0.143. The van der Waals surface area contributed by atoms with Crippen LogP contribution in [0.2, 0.25) is 0 Å². The SMILES string of the molecule is Cn1nc(OC(c2ccc(F)cc2)C2CCNCC2)cc1C(F)(F)F. The maximum absolute atomic E-state index is 13.2. The highest BCUT2D eigenvalue weighted by Crippen LogP contribution is 2.36. The zero-order valence-electron chi connectivity index (χ0n) is 13.7. The maximum Gasteiger partial charge on any atom is 0.433 e. The summed E-state index contributed by atoms with van der Waals surface area (Å²) >= 11 is 0. The van der Waals surface area contributed by atoms with Crippen LogP contribution in [0.15, 0.2) is 30.3 Å². The molecule has 0 saturated carbocycles. The number of piperidine rings is 1. The predicted molar refractivity (Wildman–Crippen MR) is 83.6 cm³/mol. The van der Waals surface area contributed by atoms with E-state index in [0.29, 0.717) is 0 Å². The van der Waals surface area contributed by atoms with Gasteiger partial charge in [-0.15, -0.1) is 5.10 Å². The zero-order chi connectivity index (χ0) is 18.0. The highest BCUT2D eigenvalue weighted by atomic mass is 19.4. The number of nitrogens with zero attached hydrogens (tertiary/aromatic N) is 2. The molecular formula is C17H19F4N3O. The Morgan fingerprint density at radius 1 is 1.20 bits per heavy atom. The van der Waals surface area contributed by atoms with Crippen LogP contribution in [0.1, 0.15) is 30.2 Å². The lowest BCUT2D eigenvalue weighted by Gasteiger charge is -2.30. The summed E-state index contributed by atoms with van der Waals surface area (Å²) in [6.07, 6.45) is -3.33. The van der Waals surface area contributed by atoms with Gasteiger partial charge in [-0.2, -0.15) is 13.2 Å². The Labute approximate surface area is 142 Å². The fourth-order valence-electron chi connectivity index (χ4n) is 3.13. The third-order valence-corrected chi connectivity index (χ3v) is 4.41. The Bertz CT molecular complexity index is 706. The summed E-state index contributed by atoms with van der Waals surface area (Å²) in [6.45, 7) is 1.61. The van der Waals surface area contributed by atoms with Crippen molar-refractivity contribution in [2.45, 2.75) is 25.1 Å². The largest absolute Gasteiger partial charge is 0.468 e. The second-order valence-corrected chi connectivity index (χ2v) is 6.17. The number of alkyl halides is 3. The first-order chi connectivity index (χ1) is 11.8. The average molecular weight is 357 g/mol. The van der Waals surface area contributed by atoms with Crippen molar-refractivity contribution in [3.8, 4) is 5.88 Å². The smallest absolute Gasteiger partial charge is 0.433 e. The molecule has 0 radical (unpaired) electrons. The summed E-state index contributed by atoms with van der Waals surface area (Å²) < 4.78 is 58.7. The highest BCUT2D eigenvalue weighted by molar-refractivity contribution is 5.23. The number of halogens is 4. The van der Waals surface area contributed by atoms with E-state index >= 15 is 0 Å². The van der Waals surface area contributed by atoms with Crippen LogP contribution in [-0.2, 0) is 13.2 Å². The molecule has 1 unspecified atom stereocenters. The lowest BCUT2D eigenvalue weighted by Crippen LogP contribution is -2.32. The molecule has 0 bridgehead atoms. The number of nitrogens with one attached hydrogen (secondary N) is 1. The quantitative estimate of drug-likeness (QED) is 0.848. The van der Waals surface area contributed by atoms with Crippen LogP contribution >= 0.6 is 0 Å². The highest BCUT2D eigenvalue weighted by Gasteiger charge is 2.36. The summed E-state index contributed by atoms with van der Waals surface area (Å²) in [4.78, 5) is 0. The minimum atomic E-state index is -4.50. The van der Waals surface area contributed by atoms with Gasteiger partial charge in [-0.3, -0.25) is 4.68 Å². The third kappa shape index (κ3) is 4.12.